The average molecular weight is 407 g/mol. The number of rotatable bonds is 7. The number of esters is 1. The fraction of sp³-hybridized carbons (Fsp3) is 0.174. The van der Waals surface area contributed by atoms with Crippen molar-refractivity contribution in [1.82, 2.24) is 4.98 Å². The molecule has 0 radical (unpaired) electrons. The van der Waals surface area contributed by atoms with Crippen LogP contribution in [0, 0.1) is 11.3 Å². The number of fused-ring (bicyclic) bond motifs is 1. The number of nitrogens with one attached hydrogen (secondary N) is 1. The first-order valence-corrected chi connectivity index (χ1v) is 9.67. The molecule has 0 amide bonds. The molecule has 0 fully saturated rings. The van der Waals surface area contributed by atoms with Gasteiger partial charge in [-0.1, -0.05) is 48.5 Å². The third kappa shape index (κ3) is 4.23. The maximum atomic E-state index is 12.9. The van der Waals surface area contributed by atoms with Crippen molar-refractivity contribution in [2.75, 3.05) is 12.5 Å². The van der Waals surface area contributed by atoms with Gasteiger partial charge in [-0.3, -0.25) is 4.79 Å². The molecule has 0 saturated heterocycles. The van der Waals surface area contributed by atoms with Crippen LogP contribution in [0.25, 0.3) is 17.0 Å². The number of carbonyl (C=O) groups excluding carboxylic acids is 2. The van der Waals surface area contributed by atoms with E-state index in [9.17, 15) is 14.9 Å². The van der Waals surface area contributed by atoms with Gasteiger partial charge < -0.3 is 9.72 Å². The largest absolute Gasteiger partial charge is 0.462 e. The van der Waals surface area contributed by atoms with E-state index in [2.05, 4.69) is 4.98 Å². The number of H-pyrrole nitrogens is 1. The maximum absolute atomic E-state index is 12.9. The van der Waals surface area contributed by atoms with E-state index < -0.39 is 11.9 Å². The Hall–Kier alpha value is -3.36. The van der Waals surface area contributed by atoms with E-state index in [1.807, 2.05) is 60.7 Å². The second-order valence-corrected chi connectivity index (χ2v) is 6.60. The minimum Gasteiger partial charge on any atom is -0.462 e. The van der Waals surface area contributed by atoms with Gasteiger partial charge in [0, 0.05) is 16.6 Å². The number of aromatic amines is 1. The van der Waals surface area contributed by atoms with E-state index >= 15 is 0 Å². The molecule has 3 rings (SSSR count). The first-order chi connectivity index (χ1) is 14.1. The Morgan fingerprint density at radius 2 is 1.86 bits per heavy atom. The summed E-state index contributed by atoms with van der Waals surface area (Å²) in [5.41, 5.74) is 2.60. The van der Waals surface area contributed by atoms with Crippen molar-refractivity contribution in [1.29, 1.82) is 5.26 Å². The summed E-state index contributed by atoms with van der Waals surface area (Å²) < 4.78 is 4.96. The zero-order valence-corrected chi connectivity index (χ0v) is 16.6. The lowest BCUT2D eigenvalue weighted by Crippen LogP contribution is -2.16. The zero-order valence-electron chi connectivity index (χ0n) is 15.8. The maximum Gasteiger partial charge on any atom is 0.348 e. The predicted molar refractivity (Wildman–Crippen MR) is 113 cm³/mol. The van der Waals surface area contributed by atoms with Crippen LogP contribution in [0.3, 0.4) is 0 Å². The van der Waals surface area contributed by atoms with E-state index in [-0.39, 0.29) is 23.8 Å². The highest BCUT2D eigenvalue weighted by atomic mass is 35.5. The van der Waals surface area contributed by atoms with E-state index in [0.29, 0.717) is 11.3 Å². The zero-order chi connectivity index (χ0) is 20.8. The number of carbonyl (C=O) groups is 2. The first kappa shape index (κ1) is 20.4. The molecule has 0 bridgehead atoms. The number of halogens is 1. The molecule has 1 N–H and O–H groups in total. The molecule has 0 unspecified atom stereocenters. The van der Waals surface area contributed by atoms with Crippen molar-refractivity contribution < 1.29 is 14.3 Å². The molecular weight excluding hydrogens is 388 g/mol. The van der Waals surface area contributed by atoms with Crippen LogP contribution < -0.4 is 0 Å². The molecule has 0 aliphatic heterocycles. The molecule has 29 heavy (non-hydrogen) atoms. The SMILES string of the molecule is CCOC(=O)/C(C#N)=C/c1[nH]c2ccccc2c1[C@@H](C(=O)CCl)c1ccccc1. The quantitative estimate of drug-likeness (QED) is 0.269. The Labute approximate surface area is 173 Å². The minimum atomic E-state index is -0.709. The predicted octanol–water partition coefficient (Wildman–Crippen LogP) is 4.58. The number of benzene rings is 2. The number of ether oxygens (including phenoxy) is 1. The molecule has 5 nitrogen and oxygen atoms in total. The standard InChI is InChI=1S/C23H19ClN2O3/c1-2-29-23(28)16(14-25)12-19-22(17-10-6-7-11-18(17)26-19)21(20(27)13-24)15-8-4-3-5-9-15/h3-12,21,26H,2,13H2,1H3/b16-12+/t21-/m1/s1. The Kier molecular flexibility index (Phi) is 6.48. The second-order valence-electron chi connectivity index (χ2n) is 6.33. The van der Waals surface area contributed by atoms with E-state index in [0.717, 1.165) is 16.5 Å². The fourth-order valence-corrected chi connectivity index (χ4v) is 3.49. The molecule has 3 aromatic rings. The lowest BCUT2D eigenvalue weighted by Gasteiger charge is -2.16. The number of nitrogens with zero attached hydrogens (tertiary/aromatic N) is 1. The molecule has 146 valence electrons. The van der Waals surface area contributed by atoms with Gasteiger partial charge in [0.15, 0.2) is 5.78 Å². The summed E-state index contributed by atoms with van der Waals surface area (Å²) in [5, 5.41) is 10.3. The number of ketones is 1. The summed E-state index contributed by atoms with van der Waals surface area (Å²) in [7, 11) is 0. The van der Waals surface area contributed by atoms with E-state index in [1.54, 1.807) is 6.92 Å². The molecule has 0 spiro atoms. The van der Waals surface area contributed by atoms with Crippen LogP contribution >= 0.6 is 11.6 Å². The van der Waals surface area contributed by atoms with Gasteiger partial charge >= 0.3 is 5.97 Å². The number of hydrogen-bond acceptors (Lipinski definition) is 4. The normalized spacial score (nSPS) is 12.4. The van der Waals surface area contributed by atoms with Crippen LogP contribution in [0.15, 0.2) is 60.2 Å². The second kappa shape index (κ2) is 9.22. The average Bonchev–Trinajstić information content (AvgIpc) is 3.11. The molecule has 1 aromatic heterocycles. The molecule has 0 saturated carbocycles. The number of alkyl halides is 1. The fourth-order valence-electron chi connectivity index (χ4n) is 3.34. The molecule has 1 atom stereocenters. The monoisotopic (exact) mass is 406 g/mol. The Morgan fingerprint density at radius 3 is 2.52 bits per heavy atom. The number of aromatic nitrogens is 1. The topological polar surface area (TPSA) is 82.9 Å². The first-order valence-electron chi connectivity index (χ1n) is 9.13. The molecule has 0 aliphatic rings. The van der Waals surface area contributed by atoms with Gasteiger partial charge in [0.1, 0.15) is 11.6 Å². The van der Waals surface area contributed by atoms with Crippen molar-refractivity contribution in [3.05, 3.63) is 77.0 Å². The minimum absolute atomic E-state index is 0.148. The van der Waals surface area contributed by atoms with Crippen LogP contribution in [-0.2, 0) is 14.3 Å². The molecule has 6 heteroatoms. The van der Waals surface area contributed by atoms with E-state index in [4.69, 9.17) is 16.3 Å². The van der Waals surface area contributed by atoms with Crippen LogP contribution in [0.1, 0.15) is 29.7 Å². The summed E-state index contributed by atoms with van der Waals surface area (Å²) in [6.45, 7) is 1.83. The third-order valence-corrected chi connectivity index (χ3v) is 4.82. The smallest absolute Gasteiger partial charge is 0.348 e. The van der Waals surface area contributed by atoms with Gasteiger partial charge in [0.05, 0.1) is 18.4 Å². The highest BCUT2D eigenvalue weighted by Crippen LogP contribution is 2.36. The van der Waals surface area contributed by atoms with Crippen LogP contribution in [-0.4, -0.2) is 29.2 Å². The van der Waals surface area contributed by atoms with Crippen molar-refractivity contribution in [3.63, 3.8) is 0 Å². The van der Waals surface area contributed by atoms with Gasteiger partial charge in [-0.25, -0.2) is 4.79 Å². The lowest BCUT2D eigenvalue weighted by molar-refractivity contribution is -0.137. The summed E-state index contributed by atoms with van der Waals surface area (Å²) >= 11 is 5.94. The Bertz CT molecular complexity index is 1110. The number of Topliss-reactive ketones (excluding diaryl/α,β-unsaturated/α-hetero) is 1. The van der Waals surface area contributed by atoms with E-state index in [1.165, 1.54) is 6.08 Å². The van der Waals surface area contributed by atoms with Crippen LogP contribution in [0.5, 0.6) is 0 Å². The molecule has 2 aromatic carbocycles. The highest BCUT2D eigenvalue weighted by Gasteiger charge is 2.28. The van der Waals surface area contributed by atoms with Crippen molar-refractivity contribution in [2.45, 2.75) is 12.8 Å². The number of para-hydroxylation sites is 1. The van der Waals surface area contributed by atoms with Gasteiger partial charge in [-0.2, -0.15) is 5.26 Å². The van der Waals surface area contributed by atoms with Crippen LogP contribution in [0.4, 0.5) is 0 Å². The van der Waals surface area contributed by atoms with Crippen molar-refractivity contribution in [2.24, 2.45) is 0 Å². The van der Waals surface area contributed by atoms with Gasteiger partial charge in [-0.05, 0) is 30.2 Å². The number of hydrogen-bond donors (Lipinski definition) is 1. The van der Waals surface area contributed by atoms with Gasteiger partial charge in [-0.15, -0.1) is 11.6 Å². The summed E-state index contributed by atoms with van der Waals surface area (Å²) in [6, 6.07) is 18.7. The molecular formula is C23H19ClN2O3. The third-order valence-electron chi connectivity index (χ3n) is 4.56. The van der Waals surface area contributed by atoms with Crippen molar-refractivity contribution in [3.8, 4) is 6.07 Å². The number of nitriles is 1. The van der Waals surface area contributed by atoms with Crippen molar-refractivity contribution >= 4 is 40.3 Å². The molecule has 1 heterocycles. The Morgan fingerprint density at radius 1 is 1.17 bits per heavy atom. The lowest BCUT2D eigenvalue weighted by atomic mass is 9.86. The molecule has 0 aliphatic carbocycles. The summed E-state index contributed by atoms with van der Waals surface area (Å²) in [6.07, 6.45) is 1.44. The Balaban J connectivity index is 2.28. The summed E-state index contributed by atoms with van der Waals surface area (Å²) in [4.78, 5) is 28.2. The van der Waals surface area contributed by atoms with Gasteiger partial charge in [0.2, 0.25) is 0 Å². The van der Waals surface area contributed by atoms with Gasteiger partial charge in [0.25, 0.3) is 0 Å². The van der Waals surface area contributed by atoms with Crippen LogP contribution in [0.2, 0.25) is 0 Å². The summed E-state index contributed by atoms with van der Waals surface area (Å²) in [5.74, 6) is -1.68. The highest BCUT2D eigenvalue weighted by molar-refractivity contribution is 6.29.